The highest BCUT2D eigenvalue weighted by Gasteiger charge is 2.50. The van der Waals surface area contributed by atoms with Crippen molar-refractivity contribution in [2.45, 2.75) is 50.8 Å². The number of rotatable bonds is 2. The predicted octanol–water partition coefficient (Wildman–Crippen LogP) is 1.40. The van der Waals surface area contributed by atoms with Crippen LogP contribution in [0.4, 0.5) is 4.79 Å². The molecule has 0 aromatic carbocycles. The van der Waals surface area contributed by atoms with Crippen molar-refractivity contribution in [3.05, 3.63) is 0 Å². The first kappa shape index (κ1) is 14.6. The smallest absolute Gasteiger partial charge is 0.326 e. The molecule has 0 spiro atoms. The average Bonchev–Trinajstić information content (AvgIpc) is 3.10. The highest BCUT2D eigenvalue weighted by molar-refractivity contribution is 5.84. The van der Waals surface area contributed by atoms with Crippen molar-refractivity contribution in [3.8, 4) is 0 Å². The van der Waals surface area contributed by atoms with Crippen molar-refractivity contribution in [3.63, 3.8) is 0 Å². The standard InChI is InChI=1S/C15H24N2O4/c1-9-12(6-7-21-9)16(2)15(20)17-8-10-4-3-5-11(10)13(17)14(18)19/h9-13H,3-8H2,1-2H3,(H,18,19). The number of hydrogen-bond donors (Lipinski definition) is 1. The Balaban J connectivity index is 1.75. The van der Waals surface area contributed by atoms with Crippen molar-refractivity contribution in [1.29, 1.82) is 0 Å². The molecule has 0 radical (unpaired) electrons. The first-order valence-electron chi connectivity index (χ1n) is 7.88. The third kappa shape index (κ3) is 2.39. The van der Waals surface area contributed by atoms with Crippen LogP contribution in [0.15, 0.2) is 0 Å². The van der Waals surface area contributed by atoms with E-state index in [1.54, 1.807) is 16.8 Å². The molecule has 6 nitrogen and oxygen atoms in total. The van der Waals surface area contributed by atoms with Gasteiger partial charge < -0.3 is 19.6 Å². The summed E-state index contributed by atoms with van der Waals surface area (Å²) in [5, 5.41) is 9.54. The summed E-state index contributed by atoms with van der Waals surface area (Å²) in [6.07, 6.45) is 3.90. The van der Waals surface area contributed by atoms with Gasteiger partial charge in [-0.15, -0.1) is 0 Å². The highest BCUT2D eigenvalue weighted by atomic mass is 16.5. The summed E-state index contributed by atoms with van der Waals surface area (Å²) in [7, 11) is 1.77. The van der Waals surface area contributed by atoms with Crippen molar-refractivity contribution in [1.82, 2.24) is 9.80 Å². The zero-order valence-electron chi connectivity index (χ0n) is 12.7. The van der Waals surface area contributed by atoms with Gasteiger partial charge in [0.1, 0.15) is 6.04 Å². The quantitative estimate of drug-likeness (QED) is 0.836. The van der Waals surface area contributed by atoms with Crippen LogP contribution in [0.5, 0.6) is 0 Å². The Morgan fingerprint density at radius 1 is 1.29 bits per heavy atom. The molecule has 3 fully saturated rings. The van der Waals surface area contributed by atoms with E-state index < -0.39 is 12.0 Å². The van der Waals surface area contributed by atoms with Crippen LogP contribution >= 0.6 is 0 Å². The molecule has 5 atom stereocenters. The number of hydrogen-bond acceptors (Lipinski definition) is 3. The zero-order chi connectivity index (χ0) is 15.1. The van der Waals surface area contributed by atoms with E-state index in [1.165, 1.54) is 0 Å². The molecule has 2 saturated heterocycles. The summed E-state index contributed by atoms with van der Waals surface area (Å²) in [5.41, 5.74) is 0. The summed E-state index contributed by atoms with van der Waals surface area (Å²) < 4.78 is 5.52. The fourth-order valence-electron chi connectivity index (χ4n) is 4.39. The van der Waals surface area contributed by atoms with Gasteiger partial charge in [-0.05, 0) is 38.0 Å². The number of urea groups is 1. The lowest BCUT2D eigenvalue weighted by Crippen LogP contribution is -2.52. The number of carboxylic acids is 1. The number of likely N-dealkylation sites (N-methyl/N-ethyl adjacent to an activating group) is 1. The first-order valence-corrected chi connectivity index (χ1v) is 7.88. The van der Waals surface area contributed by atoms with Gasteiger partial charge in [-0.3, -0.25) is 0 Å². The van der Waals surface area contributed by atoms with E-state index in [0.29, 0.717) is 19.1 Å². The second kappa shape index (κ2) is 5.48. The Bertz CT molecular complexity index is 441. The normalized spacial score (nSPS) is 38.6. The van der Waals surface area contributed by atoms with Crippen LogP contribution in [-0.2, 0) is 9.53 Å². The van der Waals surface area contributed by atoms with E-state index in [0.717, 1.165) is 25.7 Å². The van der Waals surface area contributed by atoms with Crippen LogP contribution in [0.1, 0.15) is 32.6 Å². The number of fused-ring (bicyclic) bond motifs is 1. The number of amides is 2. The van der Waals surface area contributed by atoms with E-state index >= 15 is 0 Å². The van der Waals surface area contributed by atoms with Crippen LogP contribution in [-0.4, -0.2) is 65.3 Å². The van der Waals surface area contributed by atoms with E-state index in [2.05, 4.69) is 0 Å². The Morgan fingerprint density at radius 3 is 2.67 bits per heavy atom. The van der Waals surface area contributed by atoms with Gasteiger partial charge in [-0.2, -0.15) is 0 Å². The Labute approximate surface area is 125 Å². The summed E-state index contributed by atoms with van der Waals surface area (Å²) >= 11 is 0. The molecule has 0 aromatic heterocycles. The number of ether oxygens (including phenoxy) is 1. The fraction of sp³-hybridized carbons (Fsp3) is 0.867. The number of nitrogens with zero attached hydrogens (tertiary/aromatic N) is 2. The number of carboxylic acid groups (broad SMARTS) is 1. The molecule has 2 amide bonds. The van der Waals surface area contributed by atoms with Gasteiger partial charge in [0.25, 0.3) is 0 Å². The maximum absolute atomic E-state index is 12.8. The molecule has 1 N–H and O–H groups in total. The molecule has 2 aliphatic heterocycles. The van der Waals surface area contributed by atoms with Crippen LogP contribution in [0.2, 0.25) is 0 Å². The minimum atomic E-state index is -0.859. The van der Waals surface area contributed by atoms with E-state index in [4.69, 9.17) is 4.74 Å². The van der Waals surface area contributed by atoms with Gasteiger partial charge in [0.15, 0.2) is 0 Å². The van der Waals surface area contributed by atoms with Crippen LogP contribution in [0.25, 0.3) is 0 Å². The van der Waals surface area contributed by atoms with Crippen LogP contribution in [0, 0.1) is 11.8 Å². The predicted molar refractivity (Wildman–Crippen MR) is 75.9 cm³/mol. The molecule has 6 heteroatoms. The second-order valence-corrected chi connectivity index (χ2v) is 6.62. The van der Waals surface area contributed by atoms with Crippen molar-refractivity contribution < 1.29 is 19.4 Å². The summed E-state index contributed by atoms with van der Waals surface area (Å²) in [4.78, 5) is 27.7. The lowest BCUT2D eigenvalue weighted by atomic mass is 9.94. The molecule has 0 bridgehead atoms. The Hall–Kier alpha value is -1.30. The van der Waals surface area contributed by atoms with Gasteiger partial charge in [-0.1, -0.05) is 6.42 Å². The number of carbonyl (C=O) groups is 2. The Morgan fingerprint density at radius 2 is 2.05 bits per heavy atom. The van der Waals surface area contributed by atoms with Gasteiger partial charge in [0, 0.05) is 20.2 Å². The topological polar surface area (TPSA) is 70.1 Å². The molecule has 2 heterocycles. The first-order chi connectivity index (χ1) is 10.0. The second-order valence-electron chi connectivity index (χ2n) is 6.62. The lowest BCUT2D eigenvalue weighted by molar-refractivity contribution is -0.142. The van der Waals surface area contributed by atoms with E-state index in [-0.39, 0.29) is 24.1 Å². The molecule has 5 unspecified atom stereocenters. The van der Waals surface area contributed by atoms with Gasteiger partial charge >= 0.3 is 12.0 Å². The maximum Gasteiger partial charge on any atom is 0.326 e. The van der Waals surface area contributed by atoms with Crippen molar-refractivity contribution in [2.24, 2.45) is 11.8 Å². The molecule has 21 heavy (non-hydrogen) atoms. The lowest BCUT2D eigenvalue weighted by Gasteiger charge is -2.33. The van der Waals surface area contributed by atoms with E-state index in [1.807, 2.05) is 6.92 Å². The van der Waals surface area contributed by atoms with Crippen LogP contribution in [0.3, 0.4) is 0 Å². The van der Waals surface area contributed by atoms with Crippen molar-refractivity contribution >= 4 is 12.0 Å². The molecule has 1 saturated carbocycles. The average molecular weight is 296 g/mol. The third-order valence-electron chi connectivity index (χ3n) is 5.52. The largest absolute Gasteiger partial charge is 0.480 e. The van der Waals surface area contributed by atoms with Gasteiger partial charge in [0.2, 0.25) is 0 Å². The molecule has 1 aliphatic carbocycles. The van der Waals surface area contributed by atoms with Crippen molar-refractivity contribution in [2.75, 3.05) is 20.2 Å². The number of aliphatic carboxylic acids is 1. The summed E-state index contributed by atoms with van der Waals surface area (Å²) in [6.45, 7) is 3.22. The van der Waals surface area contributed by atoms with E-state index in [9.17, 15) is 14.7 Å². The highest BCUT2D eigenvalue weighted by Crippen LogP contribution is 2.42. The molecular formula is C15H24N2O4. The minimum Gasteiger partial charge on any atom is -0.480 e. The van der Waals surface area contributed by atoms with Gasteiger partial charge in [0.05, 0.1) is 12.1 Å². The molecule has 0 aromatic rings. The van der Waals surface area contributed by atoms with Crippen LogP contribution < -0.4 is 0 Å². The molecule has 3 rings (SSSR count). The van der Waals surface area contributed by atoms with Gasteiger partial charge in [-0.25, -0.2) is 9.59 Å². The molecule has 3 aliphatic rings. The Kier molecular flexibility index (Phi) is 3.82. The third-order valence-corrected chi connectivity index (χ3v) is 5.52. The molecular weight excluding hydrogens is 272 g/mol. The SMILES string of the molecule is CC1OCCC1N(C)C(=O)N1CC2CCCC2C1C(=O)O. The fourth-order valence-corrected chi connectivity index (χ4v) is 4.39. The monoisotopic (exact) mass is 296 g/mol. The maximum atomic E-state index is 12.8. The summed E-state index contributed by atoms with van der Waals surface area (Å²) in [6, 6.07) is -0.753. The summed E-state index contributed by atoms with van der Waals surface area (Å²) in [5.74, 6) is -0.361. The zero-order valence-corrected chi connectivity index (χ0v) is 12.7. The number of likely N-dealkylation sites (tertiary alicyclic amines) is 1. The number of carbonyl (C=O) groups excluding carboxylic acids is 1. The molecule has 118 valence electrons. The minimum absolute atomic E-state index is 0.0179.